The lowest BCUT2D eigenvalue weighted by Gasteiger charge is -2.66. The number of hydrogen-bond acceptors (Lipinski definition) is 2. The molecule has 4 rings (SSSR count). The lowest BCUT2D eigenvalue weighted by atomic mass is 9.39. The first-order valence-corrected chi connectivity index (χ1v) is 9.66. The van der Waals surface area contributed by atoms with Crippen molar-refractivity contribution in [1.29, 1.82) is 0 Å². The van der Waals surface area contributed by atoms with Crippen LogP contribution in [-0.2, 0) is 0 Å². The van der Waals surface area contributed by atoms with E-state index in [1.807, 2.05) is 0 Å². The molecule has 0 heterocycles. The first kappa shape index (κ1) is 15.4. The van der Waals surface area contributed by atoms with E-state index in [1.165, 1.54) is 44.9 Å². The molecule has 0 unspecified atom stereocenters. The Morgan fingerprint density at radius 3 is 2.55 bits per heavy atom. The molecule has 1 spiro atoms. The fourth-order valence-corrected chi connectivity index (χ4v) is 7.88. The van der Waals surface area contributed by atoms with Crippen LogP contribution in [0.1, 0.15) is 72.1 Å². The summed E-state index contributed by atoms with van der Waals surface area (Å²) in [5, 5.41) is 20.7. The van der Waals surface area contributed by atoms with Gasteiger partial charge in [0.25, 0.3) is 0 Å². The lowest BCUT2D eigenvalue weighted by molar-refractivity contribution is -0.208. The zero-order valence-corrected chi connectivity index (χ0v) is 14.6. The van der Waals surface area contributed by atoms with Crippen LogP contribution < -0.4 is 0 Å². The molecule has 0 radical (unpaired) electrons. The zero-order valence-electron chi connectivity index (χ0n) is 14.6. The third kappa shape index (κ3) is 1.64. The molecule has 2 bridgehead atoms. The normalized spacial score (nSPS) is 60.7. The van der Waals surface area contributed by atoms with E-state index >= 15 is 0 Å². The molecule has 0 aromatic carbocycles. The van der Waals surface area contributed by atoms with Gasteiger partial charge in [0.15, 0.2) is 0 Å². The topological polar surface area (TPSA) is 40.5 Å². The fraction of sp³-hybridized carbons (Fsp3) is 1.00. The van der Waals surface area contributed by atoms with Crippen LogP contribution in [0.15, 0.2) is 0 Å². The van der Waals surface area contributed by atoms with Gasteiger partial charge in [0.1, 0.15) is 0 Å². The van der Waals surface area contributed by atoms with E-state index in [-0.39, 0.29) is 18.1 Å². The van der Waals surface area contributed by atoms with Crippen molar-refractivity contribution in [2.24, 2.45) is 39.9 Å². The molecule has 4 aliphatic rings. The van der Waals surface area contributed by atoms with Gasteiger partial charge in [0.2, 0.25) is 0 Å². The van der Waals surface area contributed by atoms with Crippen molar-refractivity contribution >= 4 is 0 Å². The Labute approximate surface area is 135 Å². The van der Waals surface area contributed by atoms with E-state index in [0.29, 0.717) is 16.7 Å². The minimum Gasteiger partial charge on any atom is -0.396 e. The van der Waals surface area contributed by atoms with Gasteiger partial charge in [-0.15, -0.1) is 0 Å². The summed E-state index contributed by atoms with van der Waals surface area (Å²) in [4.78, 5) is 0. The second-order valence-electron chi connectivity index (χ2n) is 9.83. The van der Waals surface area contributed by atoms with Crippen molar-refractivity contribution in [3.63, 3.8) is 0 Å². The minimum atomic E-state index is -0.316. The third-order valence-electron chi connectivity index (χ3n) is 9.39. The van der Waals surface area contributed by atoms with Gasteiger partial charge in [0, 0.05) is 5.41 Å². The highest BCUT2D eigenvalue weighted by Gasteiger charge is 2.68. The van der Waals surface area contributed by atoms with Crippen molar-refractivity contribution in [3.05, 3.63) is 0 Å². The summed E-state index contributed by atoms with van der Waals surface area (Å²) < 4.78 is 0. The maximum Gasteiger partial charge on any atom is 0.0618 e. The van der Waals surface area contributed by atoms with E-state index in [2.05, 4.69) is 20.8 Å². The SMILES string of the molecule is C[C@H]1CC[C@]23C[C@H]1C[C@@H]2CC[C@H]1[C@](C)(CO)[C@H](O)CC[C@@]13C. The van der Waals surface area contributed by atoms with Crippen molar-refractivity contribution in [2.45, 2.75) is 78.2 Å². The maximum atomic E-state index is 10.6. The quantitative estimate of drug-likeness (QED) is 0.769. The second-order valence-corrected chi connectivity index (χ2v) is 9.83. The average molecular weight is 306 g/mol. The lowest BCUT2D eigenvalue weighted by Crippen LogP contribution is -2.62. The molecule has 0 aromatic rings. The Bertz CT molecular complexity index is 463. The molecule has 2 heteroatoms. The summed E-state index contributed by atoms with van der Waals surface area (Å²) in [5.41, 5.74) is 0.569. The van der Waals surface area contributed by atoms with Gasteiger partial charge in [-0.3, -0.25) is 0 Å². The van der Waals surface area contributed by atoms with Crippen molar-refractivity contribution in [1.82, 2.24) is 0 Å². The van der Waals surface area contributed by atoms with Gasteiger partial charge < -0.3 is 10.2 Å². The molecule has 0 saturated heterocycles. The van der Waals surface area contributed by atoms with Crippen molar-refractivity contribution < 1.29 is 10.2 Å². The van der Waals surface area contributed by atoms with Gasteiger partial charge in [-0.2, -0.15) is 0 Å². The summed E-state index contributed by atoms with van der Waals surface area (Å²) in [6.07, 6.45) is 10.0. The monoisotopic (exact) mass is 306 g/mol. The molecule has 0 amide bonds. The molecule has 2 N–H and O–H groups in total. The van der Waals surface area contributed by atoms with Crippen LogP contribution in [0.2, 0.25) is 0 Å². The highest BCUT2D eigenvalue weighted by Crippen LogP contribution is 2.74. The number of aliphatic hydroxyl groups excluding tert-OH is 2. The van der Waals surface area contributed by atoms with E-state index in [4.69, 9.17) is 0 Å². The van der Waals surface area contributed by atoms with Crippen LogP contribution in [0, 0.1) is 39.9 Å². The van der Waals surface area contributed by atoms with Gasteiger partial charge in [-0.05, 0) is 85.9 Å². The number of fused-ring (bicyclic) bond motifs is 2. The van der Waals surface area contributed by atoms with Crippen LogP contribution in [0.4, 0.5) is 0 Å². The molecular formula is C20H34O2. The average Bonchev–Trinajstić information content (AvgIpc) is 2.84. The Morgan fingerprint density at radius 1 is 1.05 bits per heavy atom. The molecule has 22 heavy (non-hydrogen) atoms. The van der Waals surface area contributed by atoms with E-state index in [1.54, 1.807) is 0 Å². The largest absolute Gasteiger partial charge is 0.396 e. The van der Waals surface area contributed by atoms with E-state index in [0.717, 1.165) is 24.2 Å². The van der Waals surface area contributed by atoms with Crippen LogP contribution in [-0.4, -0.2) is 22.9 Å². The van der Waals surface area contributed by atoms with Gasteiger partial charge in [-0.1, -0.05) is 20.8 Å². The van der Waals surface area contributed by atoms with Gasteiger partial charge in [-0.25, -0.2) is 0 Å². The molecule has 8 atom stereocenters. The summed E-state index contributed by atoms with van der Waals surface area (Å²) >= 11 is 0. The summed E-state index contributed by atoms with van der Waals surface area (Å²) in [6.45, 7) is 7.32. The number of aliphatic hydroxyl groups is 2. The molecule has 4 saturated carbocycles. The van der Waals surface area contributed by atoms with Crippen molar-refractivity contribution in [3.8, 4) is 0 Å². The molecule has 0 aromatic heterocycles. The first-order chi connectivity index (χ1) is 10.4. The van der Waals surface area contributed by atoms with Gasteiger partial charge in [0.05, 0.1) is 12.7 Å². The molecule has 4 fully saturated rings. The highest BCUT2D eigenvalue weighted by atomic mass is 16.3. The summed E-state index contributed by atoms with van der Waals surface area (Å²) in [6, 6.07) is 0. The van der Waals surface area contributed by atoms with Crippen LogP contribution in [0.25, 0.3) is 0 Å². The van der Waals surface area contributed by atoms with Crippen LogP contribution in [0.3, 0.4) is 0 Å². The molecule has 126 valence electrons. The Hall–Kier alpha value is -0.0800. The molecule has 2 nitrogen and oxygen atoms in total. The Morgan fingerprint density at radius 2 is 1.82 bits per heavy atom. The predicted octanol–water partition coefficient (Wildman–Crippen LogP) is 4.00. The van der Waals surface area contributed by atoms with E-state index in [9.17, 15) is 10.2 Å². The predicted molar refractivity (Wildman–Crippen MR) is 88.3 cm³/mol. The zero-order chi connectivity index (χ0) is 15.8. The summed E-state index contributed by atoms with van der Waals surface area (Å²) in [5.74, 6) is 3.28. The van der Waals surface area contributed by atoms with Crippen LogP contribution >= 0.6 is 0 Å². The maximum absolute atomic E-state index is 10.6. The fourth-order valence-electron chi connectivity index (χ4n) is 7.88. The smallest absolute Gasteiger partial charge is 0.0618 e. The molecule has 0 aliphatic heterocycles. The van der Waals surface area contributed by atoms with E-state index < -0.39 is 0 Å². The minimum absolute atomic E-state index is 0.148. The van der Waals surface area contributed by atoms with Gasteiger partial charge >= 0.3 is 0 Å². The summed E-state index contributed by atoms with van der Waals surface area (Å²) in [7, 11) is 0. The molecule has 4 aliphatic carbocycles. The van der Waals surface area contributed by atoms with Crippen LogP contribution in [0.5, 0.6) is 0 Å². The number of rotatable bonds is 1. The third-order valence-corrected chi connectivity index (χ3v) is 9.39. The Kier molecular flexibility index (Phi) is 3.32. The number of hydrogen-bond donors (Lipinski definition) is 2. The van der Waals surface area contributed by atoms with Crippen molar-refractivity contribution in [2.75, 3.05) is 6.61 Å². The second kappa shape index (κ2) is 4.72. The Balaban J connectivity index is 1.76. The first-order valence-electron chi connectivity index (χ1n) is 9.66. The highest BCUT2D eigenvalue weighted by molar-refractivity contribution is 5.17. The molecular weight excluding hydrogens is 272 g/mol. The standard InChI is InChI=1S/C20H34O2/c1-13-6-9-20-11-14(13)10-15(20)4-5-16-18(2,12-21)17(22)7-8-19(16,20)3/h13-17,21-22H,4-12H2,1-3H3/t13-,14+,15-,16-,17+,18-,19-,20-/m0/s1.